The highest BCUT2D eigenvalue weighted by molar-refractivity contribution is 5.77. The number of nitrogens with one attached hydrogen (secondary N) is 1. The van der Waals surface area contributed by atoms with Crippen LogP contribution in [0.4, 0.5) is 5.69 Å². The van der Waals surface area contributed by atoms with Crippen molar-refractivity contribution in [3.05, 3.63) is 64.2 Å². The summed E-state index contributed by atoms with van der Waals surface area (Å²) >= 11 is 0. The van der Waals surface area contributed by atoms with E-state index < -0.39 is 4.92 Å². The number of nitro groups is 1. The number of amides is 1. The van der Waals surface area contributed by atoms with Gasteiger partial charge in [0, 0.05) is 18.7 Å². The lowest BCUT2D eigenvalue weighted by atomic mass is 10.1. The number of carbonyl (C=O) groups is 1. The molecule has 7 heteroatoms. The Morgan fingerprint density at radius 2 is 1.96 bits per heavy atom. The number of nitrogens with zero attached hydrogens (tertiary/aromatic N) is 1. The molecule has 1 N–H and O–H groups in total. The van der Waals surface area contributed by atoms with Gasteiger partial charge < -0.3 is 14.8 Å². The number of rotatable bonds is 9. The maximum Gasteiger partial charge on any atom is 0.311 e. The predicted molar refractivity (Wildman–Crippen MR) is 92.9 cm³/mol. The number of aryl methyl sites for hydroxylation is 1. The van der Waals surface area contributed by atoms with Gasteiger partial charge in [0.25, 0.3) is 5.91 Å². The van der Waals surface area contributed by atoms with E-state index in [1.165, 1.54) is 30.9 Å². The fraction of sp³-hybridized carbons (Fsp3) is 0.278. The SMILES string of the molecule is COc1cc(OCC(=O)NCCCc2ccccc2)ccc1[N+](=O)[O-]. The van der Waals surface area contributed by atoms with Gasteiger partial charge in [0.2, 0.25) is 5.75 Å². The van der Waals surface area contributed by atoms with E-state index in [4.69, 9.17) is 9.47 Å². The van der Waals surface area contributed by atoms with Crippen LogP contribution in [0.2, 0.25) is 0 Å². The second-order valence-electron chi connectivity index (χ2n) is 5.32. The van der Waals surface area contributed by atoms with E-state index >= 15 is 0 Å². The van der Waals surface area contributed by atoms with Crippen LogP contribution in [0, 0.1) is 10.1 Å². The predicted octanol–water partition coefficient (Wildman–Crippen LogP) is 2.73. The van der Waals surface area contributed by atoms with Gasteiger partial charge in [-0.15, -0.1) is 0 Å². The van der Waals surface area contributed by atoms with Crippen LogP contribution in [0.5, 0.6) is 11.5 Å². The van der Waals surface area contributed by atoms with Gasteiger partial charge in [-0.25, -0.2) is 0 Å². The highest BCUT2D eigenvalue weighted by atomic mass is 16.6. The maximum absolute atomic E-state index is 11.8. The molecule has 7 nitrogen and oxygen atoms in total. The van der Waals surface area contributed by atoms with Gasteiger partial charge in [0.1, 0.15) is 5.75 Å². The van der Waals surface area contributed by atoms with Crippen molar-refractivity contribution in [2.24, 2.45) is 0 Å². The summed E-state index contributed by atoms with van der Waals surface area (Å²) in [6.07, 6.45) is 1.72. The topological polar surface area (TPSA) is 90.7 Å². The van der Waals surface area contributed by atoms with Gasteiger partial charge in [-0.3, -0.25) is 14.9 Å². The van der Waals surface area contributed by atoms with Gasteiger partial charge in [-0.05, 0) is 24.5 Å². The van der Waals surface area contributed by atoms with Crippen LogP contribution >= 0.6 is 0 Å². The number of carbonyl (C=O) groups excluding carboxylic acids is 1. The van der Waals surface area contributed by atoms with Gasteiger partial charge in [0.05, 0.1) is 12.0 Å². The summed E-state index contributed by atoms with van der Waals surface area (Å²) in [5.74, 6) is 0.179. The zero-order valence-electron chi connectivity index (χ0n) is 13.9. The van der Waals surface area contributed by atoms with E-state index in [0.717, 1.165) is 12.8 Å². The molecule has 0 aromatic heterocycles. The normalized spacial score (nSPS) is 10.1. The molecule has 1 amide bonds. The molecule has 0 aliphatic carbocycles. The lowest BCUT2D eigenvalue weighted by Crippen LogP contribution is -2.29. The van der Waals surface area contributed by atoms with Crippen molar-refractivity contribution in [2.45, 2.75) is 12.8 Å². The third-order valence-corrected chi connectivity index (χ3v) is 3.53. The molecule has 0 spiro atoms. The van der Waals surface area contributed by atoms with E-state index in [1.807, 2.05) is 30.3 Å². The van der Waals surface area contributed by atoms with E-state index in [2.05, 4.69) is 5.32 Å². The van der Waals surface area contributed by atoms with Gasteiger partial charge >= 0.3 is 5.69 Å². The molecular weight excluding hydrogens is 324 g/mol. The summed E-state index contributed by atoms with van der Waals surface area (Å²) in [5, 5.41) is 13.6. The summed E-state index contributed by atoms with van der Waals surface area (Å²) in [5.41, 5.74) is 1.08. The molecule has 25 heavy (non-hydrogen) atoms. The summed E-state index contributed by atoms with van der Waals surface area (Å²) in [4.78, 5) is 22.1. The van der Waals surface area contributed by atoms with Crippen LogP contribution in [0.15, 0.2) is 48.5 Å². The smallest absolute Gasteiger partial charge is 0.311 e. The number of hydrogen-bond donors (Lipinski definition) is 1. The molecule has 0 aliphatic rings. The molecule has 0 unspecified atom stereocenters. The number of benzene rings is 2. The van der Waals surface area contributed by atoms with Gasteiger partial charge in [-0.1, -0.05) is 30.3 Å². The molecule has 0 saturated carbocycles. The summed E-state index contributed by atoms with van der Waals surface area (Å²) in [6.45, 7) is 0.396. The average molecular weight is 344 g/mol. The van der Waals surface area contributed by atoms with E-state index in [9.17, 15) is 14.9 Å². The Labute approximate surface area is 145 Å². The first-order valence-corrected chi connectivity index (χ1v) is 7.86. The summed E-state index contributed by atoms with van der Waals surface area (Å²) < 4.78 is 10.3. The van der Waals surface area contributed by atoms with Crippen LogP contribution < -0.4 is 14.8 Å². The van der Waals surface area contributed by atoms with Crippen molar-refractivity contribution >= 4 is 11.6 Å². The monoisotopic (exact) mass is 344 g/mol. The minimum atomic E-state index is -0.540. The molecule has 0 heterocycles. The van der Waals surface area contributed by atoms with Crippen LogP contribution in [-0.2, 0) is 11.2 Å². The molecule has 0 atom stereocenters. The van der Waals surface area contributed by atoms with E-state index in [1.54, 1.807) is 0 Å². The number of nitro benzene ring substituents is 1. The fourth-order valence-corrected chi connectivity index (χ4v) is 2.26. The molecule has 0 fully saturated rings. The lowest BCUT2D eigenvalue weighted by molar-refractivity contribution is -0.385. The summed E-state index contributed by atoms with van der Waals surface area (Å²) in [7, 11) is 1.34. The fourth-order valence-electron chi connectivity index (χ4n) is 2.26. The van der Waals surface area contributed by atoms with Crippen LogP contribution in [-0.4, -0.2) is 31.1 Å². The molecule has 132 valence electrons. The third-order valence-electron chi connectivity index (χ3n) is 3.53. The molecule has 0 aliphatic heterocycles. The molecular formula is C18H20N2O5. The number of hydrogen-bond acceptors (Lipinski definition) is 5. The van der Waals surface area contributed by atoms with Crippen molar-refractivity contribution in [1.29, 1.82) is 0 Å². The molecule has 2 aromatic rings. The van der Waals surface area contributed by atoms with Crippen LogP contribution in [0.25, 0.3) is 0 Å². The first-order chi connectivity index (χ1) is 12.1. The van der Waals surface area contributed by atoms with E-state index in [-0.39, 0.29) is 24.0 Å². The van der Waals surface area contributed by atoms with Crippen molar-refractivity contribution < 1.29 is 19.2 Å². The third kappa shape index (κ3) is 5.80. The first kappa shape index (κ1) is 18.3. The Morgan fingerprint density at radius 3 is 2.64 bits per heavy atom. The zero-order valence-corrected chi connectivity index (χ0v) is 13.9. The molecule has 0 radical (unpaired) electrons. The average Bonchev–Trinajstić information content (AvgIpc) is 2.64. The minimum absolute atomic E-state index is 0.0887. The van der Waals surface area contributed by atoms with Crippen molar-refractivity contribution in [2.75, 3.05) is 20.3 Å². The Hall–Kier alpha value is -3.09. The van der Waals surface area contributed by atoms with Crippen molar-refractivity contribution in [1.82, 2.24) is 5.32 Å². The molecule has 2 rings (SSSR count). The Bertz CT molecular complexity index is 719. The van der Waals surface area contributed by atoms with E-state index in [0.29, 0.717) is 12.3 Å². The summed E-state index contributed by atoms with van der Waals surface area (Å²) in [6, 6.07) is 14.1. The minimum Gasteiger partial charge on any atom is -0.490 e. The molecule has 0 bridgehead atoms. The maximum atomic E-state index is 11.8. The zero-order chi connectivity index (χ0) is 18.1. The highest BCUT2D eigenvalue weighted by Crippen LogP contribution is 2.30. The van der Waals surface area contributed by atoms with Crippen LogP contribution in [0.3, 0.4) is 0 Å². The second kappa shape index (κ2) is 9.27. The number of methoxy groups -OCH3 is 1. The largest absolute Gasteiger partial charge is 0.490 e. The highest BCUT2D eigenvalue weighted by Gasteiger charge is 2.15. The quantitative estimate of drug-likeness (QED) is 0.429. The van der Waals surface area contributed by atoms with Gasteiger partial charge in [0.15, 0.2) is 6.61 Å². The Kier molecular flexibility index (Phi) is 6.76. The van der Waals surface area contributed by atoms with Crippen LogP contribution in [0.1, 0.15) is 12.0 Å². The van der Waals surface area contributed by atoms with Crippen molar-refractivity contribution in [3.8, 4) is 11.5 Å². The lowest BCUT2D eigenvalue weighted by Gasteiger charge is -2.09. The Morgan fingerprint density at radius 1 is 1.20 bits per heavy atom. The second-order valence-corrected chi connectivity index (χ2v) is 5.32. The standard InChI is InChI=1S/C18H20N2O5/c1-24-17-12-15(9-10-16(17)20(22)23)25-13-18(21)19-11-5-8-14-6-3-2-4-7-14/h2-4,6-7,9-10,12H,5,8,11,13H2,1H3,(H,19,21). The Balaban J connectivity index is 1.73. The molecule has 2 aromatic carbocycles. The van der Waals surface area contributed by atoms with Crippen molar-refractivity contribution in [3.63, 3.8) is 0 Å². The van der Waals surface area contributed by atoms with Gasteiger partial charge in [-0.2, -0.15) is 0 Å². The first-order valence-electron chi connectivity index (χ1n) is 7.86. The molecule has 0 saturated heterocycles. The number of ether oxygens (including phenoxy) is 2.